The van der Waals surface area contributed by atoms with E-state index in [9.17, 15) is 0 Å². The summed E-state index contributed by atoms with van der Waals surface area (Å²) in [7, 11) is 2.44. The van der Waals surface area contributed by atoms with E-state index >= 15 is 0 Å². The molecule has 0 atom stereocenters. The van der Waals surface area contributed by atoms with E-state index in [4.69, 9.17) is 0 Å². The smallest absolute Gasteiger partial charge is 0.0655 e. The molecule has 9 heavy (non-hydrogen) atoms. The third-order valence-electron chi connectivity index (χ3n) is 2.91. The first-order valence-electron chi connectivity index (χ1n) is 4.27. The summed E-state index contributed by atoms with van der Waals surface area (Å²) in [5.41, 5.74) is 0. The Hall–Kier alpha value is 0.0649. The van der Waals surface area contributed by atoms with Gasteiger partial charge in [0.05, 0.1) is 0 Å². The van der Waals surface area contributed by atoms with E-state index in [1.165, 1.54) is 38.5 Å². The summed E-state index contributed by atoms with van der Waals surface area (Å²) in [6.45, 7) is 2.32. The van der Waals surface area contributed by atoms with Gasteiger partial charge in [0, 0.05) is 0 Å². The van der Waals surface area contributed by atoms with Crippen LogP contribution in [0, 0.1) is 0 Å². The normalized spacial score (nSPS) is 25.9. The van der Waals surface area contributed by atoms with Crippen LogP contribution in [-0.4, -0.2) is 7.85 Å². The number of hydrogen-bond donors (Lipinski definition) is 0. The first-order valence-corrected chi connectivity index (χ1v) is 4.27. The second-order valence-electron chi connectivity index (χ2n) is 3.72. The minimum Gasteiger partial charge on any atom is -0.0655 e. The third kappa shape index (κ3) is 1.74. The highest BCUT2D eigenvalue weighted by Gasteiger charge is 2.23. The first kappa shape index (κ1) is 7.18. The molecule has 0 spiro atoms. The van der Waals surface area contributed by atoms with Crippen LogP contribution in [0.15, 0.2) is 0 Å². The zero-order valence-electron chi connectivity index (χ0n) is 6.74. The van der Waals surface area contributed by atoms with Crippen LogP contribution in [0.4, 0.5) is 0 Å². The molecule has 0 amide bonds. The fourth-order valence-electron chi connectivity index (χ4n) is 1.76. The summed E-state index contributed by atoms with van der Waals surface area (Å²) >= 11 is 0. The van der Waals surface area contributed by atoms with Crippen LogP contribution in [0.5, 0.6) is 0 Å². The lowest BCUT2D eigenvalue weighted by Crippen LogP contribution is -2.15. The molecule has 0 nitrogen and oxygen atoms in total. The minimum atomic E-state index is 0.720. The summed E-state index contributed by atoms with van der Waals surface area (Å²) in [5, 5.41) is 0.720. The Labute approximate surface area is 59.4 Å². The van der Waals surface area contributed by atoms with Crippen LogP contribution in [0.1, 0.15) is 45.4 Å². The molecular weight excluding hydrogens is 107 g/mol. The molecule has 0 radical (unpaired) electrons. The van der Waals surface area contributed by atoms with Crippen LogP contribution in [0.25, 0.3) is 0 Å². The monoisotopic (exact) mass is 124 g/mol. The second-order valence-corrected chi connectivity index (χ2v) is 3.72. The van der Waals surface area contributed by atoms with Gasteiger partial charge in [-0.25, -0.2) is 0 Å². The van der Waals surface area contributed by atoms with E-state index in [2.05, 4.69) is 14.8 Å². The van der Waals surface area contributed by atoms with E-state index in [0.717, 1.165) is 5.31 Å². The van der Waals surface area contributed by atoms with Gasteiger partial charge in [-0.1, -0.05) is 50.8 Å². The van der Waals surface area contributed by atoms with Crippen molar-refractivity contribution >= 4 is 7.85 Å². The molecule has 0 aromatic heterocycles. The average molecular weight is 124 g/mol. The Morgan fingerprint density at radius 2 is 1.78 bits per heavy atom. The van der Waals surface area contributed by atoms with Crippen molar-refractivity contribution in [3.8, 4) is 0 Å². The Bertz CT molecular complexity index is 82.6. The van der Waals surface area contributed by atoms with E-state index < -0.39 is 0 Å². The Morgan fingerprint density at radius 3 is 2.11 bits per heavy atom. The van der Waals surface area contributed by atoms with Gasteiger partial charge in [0.25, 0.3) is 0 Å². The van der Waals surface area contributed by atoms with Crippen molar-refractivity contribution in [3.05, 3.63) is 0 Å². The highest BCUT2D eigenvalue weighted by atomic mass is 14.2. The van der Waals surface area contributed by atoms with Gasteiger partial charge in [-0.05, 0) is 0 Å². The average Bonchev–Trinajstić information content (AvgIpc) is 1.90. The molecule has 1 heteroatoms. The quantitative estimate of drug-likeness (QED) is 0.470. The molecule has 0 heterocycles. The van der Waals surface area contributed by atoms with E-state index in [1.807, 2.05) is 0 Å². The molecule has 1 rings (SSSR count). The summed E-state index contributed by atoms with van der Waals surface area (Å²) in [6, 6.07) is 0. The first-order chi connectivity index (χ1) is 4.27. The maximum atomic E-state index is 2.44. The van der Waals surface area contributed by atoms with Gasteiger partial charge in [-0.15, -0.1) is 0 Å². The molecule has 0 N–H and O–H groups in total. The second kappa shape index (κ2) is 2.77. The van der Waals surface area contributed by atoms with Crippen LogP contribution >= 0.6 is 0 Å². The standard InChI is InChI=1S/C8H17B/c1-2-8(9)6-4-3-5-7-8/h2-7,9H2,1H3. The van der Waals surface area contributed by atoms with E-state index in [0.29, 0.717) is 0 Å². The predicted octanol–water partition coefficient (Wildman–Crippen LogP) is 2.15. The lowest BCUT2D eigenvalue weighted by molar-refractivity contribution is 0.370. The van der Waals surface area contributed by atoms with Crippen molar-refractivity contribution in [3.63, 3.8) is 0 Å². The van der Waals surface area contributed by atoms with Crippen LogP contribution in [0.3, 0.4) is 0 Å². The number of hydrogen-bond acceptors (Lipinski definition) is 0. The molecule has 0 aliphatic heterocycles. The summed E-state index contributed by atoms with van der Waals surface area (Å²) < 4.78 is 0. The molecular formula is C8H17B. The minimum absolute atomic E-state index is 0.720. The maximum Gasteiger partial charge on any atom is 0.109 e. The third-order valence-corrected chi connectivity index (χ3v) is 2.91. The largest absolute Gasteiger partial charge is 0.109 e. The van der Waals surface area contributed by atoms with Gasteiger partial charge in [0.1, 0.15) is 7.85 Å². The van der Waals surface area contributed by atoms with Crippen molar-refractivity contribution < 1.29 is 0 Å². The molecule has 1 fully saturated rings. The molecule has 0 saturated heterocycles. The predicted molar refractivity (Wildman–Crippen MR) is 44.6 cm³/mol. The van der Waals surface area contributed by atoms with E-state index in [-0.39, 0.29) is 0 Å². The summed E-state index contributed by atoms with van der Waals surface area (Å²) in [6.07, 6.45) is 8.77. The van der Waals surface area contributed by atoms with Gasteiger partial charge >= 0.3 is 0 Å². The van der Waals surface area contributed by atoms with Gasteiger partial charge in [-0.2, -0.15) is 0 Å². The molecule has 1 saturated carbocycles. The van der Waals surface area contributed by atoms with E-state index in [1.54, 1.807) is 0 Å². The van der Waals surface area contributed by atoms with Gasteiger partial charge < -0.3 is 0 Å². The van der Waals surface area contributed by atoms with Gasteiger partial charge in [0.15, 0.2) is 0 Å². The zero-order chi connectivity index (χ0) is 6.74. The van der Waals surface area contributed by atoms with Gasteiger partial charge in [-0.3, -0.25) is 0 Å². The molecule has 0 aromatic carbocycles. The Balaban J connectivity index is 2.37. The topological polar surface area (TPSA) is 0 Å². The fourth-order valence-corrected chi connectivity index (χ4v) is 1.76. The molecule has 52 valence electrons. The SMILES string of the molecule is BC1(CC)CCCCC1. The number of rotatable bonds is 1. The van der Waals surface area contributed by atoms with Crippen molar-refractivity contribution in [2.75, 3.05) is 0 Å². The van der Waals surface area contributed by atoms with Crippen LogP contribution < -0.4 is 0 Å². The highest BCUT2D eigenvalue weighted by molar-refractivity contribution is 6.15. The highest BCUT2D eigenvalue weighted by Crippen LogP contribution is 2.42. The fraction of sp³-hybridized carbons (Fsp3) is 1.00. The van der Waals surface area contributed by atoms with Crippen molar-refractivity contribution in [1.29, 1.82) is 0 Å². The van der Waals surface area contributed by atoms with Crippen LogP contribution in [0.2, 0.25) is 5.31 Å². The Kier molecular flexibility index (Phi) is 2.20. The van der Waals surface area contributed by atoms with Crippen molar-refractivity contribution in [1.82, 2.24) is 0 Å². The molecule has 0 unspecified atom stereocenters. The van der Waals surface area contributed by atoms with Gasteiger partial charge in [0.2, 0.25) is 0 Å². The lowest BCUT2D eigenvalue weighted by atomic mass is 9.59. The Morgan fingerprint density at radius 1 is 1.22 bits per heavy atom. The molecule has 0 aromatic rings. The lowest BCUT2D eigenvalue weighted by Gasteiger charge is -2.32. The summed E-state index contributed by atoms with van der Waals surface area (Å²) in [5.74, 6) is 0. The zero-order valence-corrected chi connectivity index (χ0v) is 6.74. The van der Waals surface area contributed by atoms with Crippen molar-refractivity contribution in [2.24, 2.45) is 0 Å². The summed E-state index contributed by atoms with van der Waals surface area (Å²) in [4.78, 5) is 0. The molecule has 0 bridgehead atoms. The van der Waals surface area contributed by atoms with Crippen molar-refractivity contribution in [2.45, 2.75) is 50.8 Å². The molecule has 1 aliphatic carbocycles. The van der Waals surface area contributed by atoms with Crippen LogP contribution in [-0.2, 0) is 0 Å². The maximum absolute atomic E-state index is 2.44. The molecule has 1 aliphatic rings.